The number of aromatic hydroxyl groups is 1. The van der Waals surface area contributed by atoms with Crippen LogP contribution in [0.3, 0.4) is 0 Å². The smallest absolute Gasteiger partial charge is 0.261 e. The van der Waals surface area contributed by atoms with Crippen LogP contribution in [0, 0.1) is 0 Å². The maximum atomic E-state index is 10.8. The fraction of sp³-hybridized carbons (Fsp3) is 0.250. The Morgan fingerprint density at radius 2 is 1.53 bits per heavy atom. The van der Waals surface area contributed by atoms with Gasteiger partial charge in [-0.2, -0.15) is 8.42 Å². The first-order chi connectivity index (χ1) is 6.70. The van der Waals surface area contributed by atoms with Crippen molar-refractivity contribution >= 4 is 20.9 Å². The Morgan fingerprint density at radius 3 is 1.80 bits per heavy atom. The minimum Gasteiger partial charge on any atom is -0.508 e. The highest BCUT2D eigenvalue weighted by molar-refractivity contribution is 7.85. The zero-order valence-electron chi connectivity index (χ0n) is 8.25. The van der Waals surface area contributed by atoms with Gasteiger partial charge in [-0.3, -0.25) is 8.76 Å². The molecule has 0 aromatic heterocycles. The van der Waals surface area contributed by atoms with Crippen LogP contribution in [0.25, 0.3) is 0 Å². The lowest BCUT2D eigenvalue weighted by atomic mass is 10.3. The molecular weight excluding hydrogens is 240 g/mol. The summed E-state index contributed by atoms with van der Waals surface area (Å²) in [6.07, 6.45) is 2.32. The Morgan fingerprint density at radius 1 is 1.20 bits per heavy atom. The third-order valence-electron chi connectivity index (χ3n) is 1.17. The first kappa shape index (κ1) is 14.1. The van der Waals surface area contributed by atoms with E-state index in [1.807, 2.05) is 0 Å². The van der Waals surface area contributed by atoms with Crippen molar-refractivity contribution < 1.29 is 22.3 Å². The molecule has 1 rings (SSSR count). The monoisotopic (exact) mass is 252 g/mol. The first-order valence-corrected chi connectivity index (χ1v) is 7.15. The number of benzene rings is 1. The van der Waals surface area contributed by atoms with E-state index in [1.165, 1.54) is 12.1 Å². The fourth-order valence-corrected chi connectivity index (χ4v) is 1.16. The summed E-state index contributed by atoms with van der Waals surface area (Å²) in [6.45, 7) is 0. The predicted molar refractivity (Wildman–Crippen MR) is 57.9 cm³/mol. The van der Waals surface area contributed by atoms with E-state index in [-0.39, 0.29) is 5.75 Å². The van der Waals surface area contributed by atoms with Gasteiger partial charge in [0.05, 0.1) is 6.26 Å². The van der Waals surface area contributed by atoms with Crippen molar-refractivity contribution in [2.45, 2.75) is 4.90 Å². The highest BCUT2D eigenvalue weighted by atomic mass is 32.2. The lowest BCUT2D eigenvalue weighted by molar-refractivity contribution is 0.475. The van der Waals surface area contributed by atoms with Gasteiger partial charge in [0.2, 0.25) is 0 Å². The SMILES string of the molecule is CS(=O)(=O)O.CS(=O)c1ccc(O)cc1. The predicted octanol–water partition coefficient (Wildman–Crippen LogP) is 0.634. The average molecular weight is 252 g/mol. The second kappa shape index (κ2) is 5.84. The number of phenols is 1. The van der Waals surface area contributed by atoms with Crippen molar-refractivity contribution in [2.75, 3.05) is 12.5 Å². The van der Waals surface area contributed by atoms with Crippen LogP contribution in [-0.4, -0.2) is 34.8 Å². The maximum Gasteiger partial charge on any atom is 0.261 e. The van der Waals surface area contributed by atoms with Gasteiger partial charge in [-0.15, -0.1) is 0 Å². The van der Waals surface area contributed by atoms with Gasteiger partial charge in [0.15, 0.2) is 0 Å². The normalized spacial score (nSPS) is 12.5. The molecule has 86 valence electrons. The first-order valence-electron chi connectivity index (χ1n) is 3.75. The number of rotatable bonds is 1. The standard InChI is InChI=1S/C7H8O2S.CH4O3S/c1-10(9)7-4-2-6(8)3-5-7;1-5(2,3)4/h2-5,8H,1H3;1H3,(H,2,3,4). The van der Waals surface area contributed by atoms with Crippen molar-refractivity contribution in [1.29, 1.82) is 0 Å². The third kappa shape index (κ3) is 9.39. The lowest BCUT2D eigenvalue weighted by Crippen LogP contribution is -1.88. The number of hydrogen-bond donors (Lipinski definition) is 2. The van der Waals surface area contributed by atoms with Crippen LogP contribution in [0.15, 0.2) is 29.2 Å². The summed E-state index contributed by atoms with van der Waals surface area (Å²) >= 11 is 0. The van der Waals surface area contributed by atoms with Crippen LogP contribution in [0.1, 0.15) is 0 Å². The third-order valence-corrected chi connectivity index (χ3v) is 2.10. The average Bonchev–Trinajstić information content (AvgIpc) is 2.01. The molecule has 7 heteroatoms. The van der Waals surface area contributed by atoms with Crippen LogP contribution < -0.4 is 0 Å². The minimum atomic E-state index is -3.67. The van der Waals surface area contributed by atoms with Crippen molar-refractivity contribution in [3.8, 4) is 5.75 Å². The van der Waals surface area contributed by atoms with E-state index in [0.29, 0.717) is 6.26 Å². The van der Waals surface area contributed by atoms with E-state index >= 15 is 0 Å². The molecule has 1 unspecified atom stereocenters. The summed E-state index contributed by atoms with van der Waals surface area (Å²) in [4.78, 5) is 0.734. The Labute approximate surface area is 91.0 Å². The van der Waals surface area contributed by atoms with Crippen molar-refractivity contribution in [3.05, 3.63) is 24.3 Å². The summed E-state index contributed by atoms with van der Waals surface area (Å²) in [6, 6.07) is 6.34. The molecule has 0 heterocycles. The van der Waals surface area contributed by atoms with Crippen LogP contribution in [0.4, 0.5) is 0 Å². The minimum absolute atomic E-state index is 0.203. The van der Waals surface area contributed by atoms with E-state index in [1.54, 1.807) is 18.4 Å². The topological polar surface area (TPSA) is 91.7 Å². The maximum absolute atomic E-state index is 10.8. The largest absolute Gasteiger partial charge is 0.508 e. The Hall–Kier alpha value is -0.920. The molecule has 15 heavy (non-hydrogen) atoms. The van der Waals surface area contributed by atoms with Gasteiger partial charge >= 0.3 is 0 Å². The molecule has 0 saturated carbocycles. The van der Waals surface area contributed by atoms with Gasteiger partial charge in [-0.1, -0.05) is 0 Å². The number of hydrogen-bond acceptors (Lipinski definition) is 4. The molecule has 0 aliphatic carbocycles. The highest BCUT2D eigenvalue weighted by Crippen LogP contribution is 2.11. The molecule has 0 spiro atoms. The van der Waals surface area contributed by atoms with Crippen molar-refractivity contribution in [2.24, 2.45) is 0 Å². The summed E-state index contributed by atoms with van der Waals surface area (Å²) in [5.41, 5.74) is 0. The molecule has 1 atom stereocenters. The van der Waals surface area contributed by atoms with Crippen molar-refractivity contribution in [1.82, 2.24) is 0 Å². The van der Waals surface area contributed by atoms with E-state index < -0.39 is 20.9 Å². The molecule has 0 amide bonds. The molecule has 2 N–H and O–H groups in total. The van der Waals surface area contributed by atoms with Crippen LogP contribution in [0.5, 0.6) is 5.75 Å². The van der Waals surface area contributed by atoms with Crippen molar-refractivity contribution in [3.63, 3.8) is 0 Å². The zero-order chi connectivity index (χ0) is 12.1. The summed E-state index contributed by atoms with van der Waals surface area (Å²) in [5, 5.41) is 8.84. The summed E-state index contributed by atoms with van der Waals surface area (Å²) < 4.78 is 36.7. The lowest BCUT2D eigenvalue weighted by Gasteiger charge is -1.94. The van der Waals surface area contributed by atoms with Gasteiger partial charge in [-0.05, 0) is 24.3 Å². The van der Waals surface area contributed by atoms with E-state index in [9.17, 15) is 12.6 Å². The molecule has 0 radical (unpaired) electrons. The number of phenolic OH excluding ortho intramolecular Hbond substituents is 1. The Balaban J connectivity index is 0.000000336. The van der Waals surface area contributed by atoms with Crippen LogP contribution in [0.2, 0.25) is 0 Å². The van der Waals surface area contributed by atoms with Gasteiger partial charge in [0.1, 0.15) is 5.75 Å². The van der Waals surface area contributed by atoms with Gasteiger partial charge in [0, 0.05) is 22.0 Å². The van der Waals surface area contributed by atoms with Crippen LogP contribution >= 0.6 is 0 Å². The molecule has 0 aliphatic rings. The zero-order valence-corrected chi connectivity index (χ0v) is 9.88. The molecule has 1 aromatic carbocycles. The quantitative estimate of drug-likeness (QED) is 0.715. The Kier molecular flexibility index (Phi) is 5.48. The van der Waals surface area contributed by atoms with E-state index in [2.05, 4.69) is 0 Å². The molecule has 0 fully saturated rings. The molecule has 5 nitrogen and oxygen atoms in total. The van der Waals surface area contributed by atoms with Gasteiger partial charge < -0.3 is 5.11 Å². The van der Waals surface area contributed by atoms with E-state index in [4.69, 9.17) is 9.66 Å². The second-order valence-electron chi connectivity index (χ2n) is 2.68. The molecule has 0 saturated heterocycles. The summed E-state index contributed by atoms with van der Waals surface area (Å²) in [7, 11) is -4.62. The molecule has 0 bridgehead atoms. The second-order valence-corrected chi connectivity index (χ2v) is 5.53. The van der Waals surface area contributed by atoms with E-state index in [0.717, 1.165) is 4.90 Å². The van der Waals surface area contributed by atoms with Gasteiger partial charge in [0.25, 0.3) is 10.1 Å². The highest BCUT2D eigenvalue weighted by Gasteiger charge is 1.94. The van der Waals surface area contributed by atoms with Crippen LogP contribution in [-0.2, 0) is 20.9 Å². The van der Waals surface area contributed by atoms with Gasteiger partial charge in [-0.25, -0.2) is 0 Å². The molecular formula is C8H12O5S2. The Bertz CT molecular complexity index is 413. The molecule has 0 aliphatic heterocycles. The summed E-state index contributed by atoms with van der Waals surface area (Å²) in [5.74, 6) is 0.203. The molecule has 1 aromatic rings. The fourth-order valence-electron chi connectivity index (χ4n) is 0.638.